The Morgan fingerprint density at radius 2 is 2.16 bits per heavy atom. The second kappa shape index (κ2) is 5.49. The zero-order valence-electron chi connectivity index (χ0n) is 9.46. The average molecular weight is 282 g/mol. The van der Waals surface area contributed by atoms with Crippen LogP contribution in [-0.2, 0) is 6.54 Å². The van der Waals surface area contributed by atoms with Crippen LogP contribution in [0.3, 0.4) is 0 Å². The second-order valence-electron chi connectivity index (χ2n) is 3.48. The molecule has 0 radical (unpaired) electrons. The number of furan rings is 1. The standard InChI is InChI=1S/C11H8ClN3O4/c12-9-5-13-4-7(15-9)10(16)14-3-6-1-2-8(19-6)11(17)18/h1-2,4-5H,3H2,(H,14,16)(H,17,18). The number of carboxylic acid groups (broad SMARTS) is 1. The van der Waals surface area contributed by atoms with E-state index in [9.17, 15) is 9.59 Å². The Hall–Kier alpha value is -2.41. The fourth-order valence-corrected chi connectivity index (χ4v) is 1.44. The first-order valence-corrected chi connectivity index (χ1v) is 5.52. The number of amides is 1. The van der Waals surface area contributed by atoms with Crippen LogP contribution in [0.2, 0.25) is 5.15 Å². The number of carbonyl (C=O) groups excluding carboxylic acids is 1. The molecule has 98 valence electrons. The van der Waals surface area contributed by atoms with Crippen molar-refractivity contribution in [1.82, 2.24) is 15.3 Å². The molecule has 7 nitrogen and oxygen atoms in total. The fraction of sp³-hybridized carbons (Fsp3) is 0.0909. The van der Waals surface area contributed by atoms with Crippen molar-refractivity contribution < 1.29 is 19.1 Å². The van der Waals surface area contributed by atoms with E-state index in [2.05, 4.69) is 15.3 Å². The SMILES string of the molecule is O=C(NCc1ccc(C(=O)O)o1)c1cncc(Cl)n1. The second-order valence-corrected chi connectivity index (χ2v) is 3.87. The highest BCUT2D eigenvalue weighted by Crippen LogP contribution is 2.08. The Labute approximate surface area is 112 Å². The summed E-state index contributed by atoms with van der Waals surface area (Å²) in [6.45, 7) is 0.0420. The van der Waals surface area contributed by atoms with E-state index in [4.69, 9.17) is 21.1 Å². The van der Waals surface area contributed by atoms with Crippen LogP contribution >= 0.6 is 11.6 Å². The molecule has 2 heterocycles. The number of rotatable bonds is 4. The van der Waals surface area contributed by atoms with Gasteiger partial charge in [0.05, 0.1) is 18.9 Å². The number of aromatic carboxylic acids is 1. The van der Waals surface area contributed by atoms with Crippen LogP contribution in [0.5, 0.6) is 0 Å². The predicted molar refractivity (Wildman–Crippen MR) is 63.9 cm³/mol. The molecule has 2 rings (SSSR count). The van der Waals surface area contributed by atoms with Gasteiger partial charge in [-0.05, 0) is 12.1 Å². The van der Waals surface area contributed by atoms with Gasteiger partial charge in [-0.25, -0.2) is 9.78 Å². The molecular weight excluding hydrogens is 274 g/mol. The zero-order valence-corrected chi connectivity index (χ0v) is 10.2. The number of hydrogen-bond acceptors (Lipinski definition) is 5. The van der Waals surface area contributed by atoms with Gasteiger partial charge in [0.2, 0.25) is 5.76 Å². The van der Waals surface area contributed by atoms with Gasteiger partial charge in [-0.2, -0.15) is 0 Å². The molecule has 0 aliphatic carbocycles. The minimum absolute atomic E-state index is 0.0420. The normalized spacial score (nSPS) is 10.2. The van der Waals surface area contributed by atoms with Crippen molar-refractivity contribution in [3.8, 4) is 0 Å². The van der Waals surface area contributed by atoms with Crippen LogP contribution < -0.4 is 5.32 Å². The van der Waals surface area contributed by atoms with Crippen LogP contribution in [0, 0.1) is 0 Å². The van der Waals surface area contributed by atoms with Gasteiger partial charge in [-0.3, -0.25) is 9.78 Å². The van der Waals surface area contributed by atoms with E-state index < -0.39 is 11.9 Å². The number of hydrogen-bond donors (Lipinski definition) is 2. The van der Waals surface area contributed by atoms with Crippen molar-refractivity contribution in [2.45, 2.75) is 6.54 Å². The van der Waals surface area contributed by atoms with Gasteiger partial charge in [0.1, 0.15) is 16.6 Å². The smallest absolute Gasteiger partial charge is 0.371 e. The van der Waals surface area contributed by atoms with Crippen molar-refractivity contribution in [3.63, 3.8) is 0 Å². The molecule has 0 aliphatic heterocycles. The van der Waals surface area contributed by atoms with E-state index in [1.807, 2.05) is 0 Å². The van der Waals surface area contributed by atoms with Crippen LogP contribution in [0.1, 0.15) is 26.8 Å². The number of halogens is 1. The molecule has 0 saturated heterocycles. The van der Waals surface area contributed by atoms with Crippen molar-refractivity contribution in [2.24, 2.45) is 0 Å². The van der Waals surface area contributed by atoms with E-state index in [-0.39, 0.29) is 23.2 Å². The van der Waals surface area contributed by atoms with E-state index >= 15 is 0 Å². The Kier molecular flexibility index (Phi) is 3.76. The molecule has 2 N–H and O–H groups in total. The highest BCUT2D eigenvalue weighted by molar-refractivity contribution is 6.29. The molecule has 0 bridgehead atoms. The van der Waals surface area contributed by atoms with Crippen molar-refractivity contribution in [2.75, 3.05) is 0 Å². The van der Waals surface area contributed by atoms with Crippen LogP contribution in [0.4, 0.5) is 0 Å². The first kappa shape index (κ1) is 13.0. The molecule has 0 aliphatic rings. The topological polar surface area (TPSA) is 105 Å². The third kappa shape index (κ3) is 3.29. The lowest BCUT2D eigenvalue weighted by atomic mass is 10.4. The summed E-state index contributed by atoms with van der Waals surface area (Å²) in [5, 5.41) is 11.3. The van der Waals surface area contributed by atoms with E-state index in [0.29, 0.717) is 5.76 Å². The summed E-state index contributed by atoms with van der Waals surface area (Å²) < 4.78 is 4.98. The summed E-state index contributed by atoms with van der Waals surface area (Å²) >= 11 is 5.61. The van der Waals surface area contributed by atoms with E-state index in [0.717, 1.165) is 0 Å². The van der Waals surface area contributed by atoms with Crippen LogP contribution in [-0.4, -0.2) is 27.0 Å². The molecule has 19 heavy (non-hydrogen) atoms. The maximum atomic E-state index is 11.7. The summed E-state index contributed by atoms with van der Waals surface area (Å²) in [4.78, 5) is 29.8. The van der Waals surface area contributed by atoms with Gasteiger partial charge in [0, 0.05) is 0 Å². The molecule has 2 aromatic heterocycles. The summed E-state index contributed by atoms with van der Waals surface area (Å²) in [7, 11) is 0. The van der Waals surface area contributed by atoms with Gasteiger partial charge in [-0.15, -0.1) is 0 Å². The molecule has 0 unspecified atom stereocenters. The number of nitrogens with one attached hydrogen (secondary N) is 1. The van der Waals surface area contributed by atoms with Gasteiger partial charge in [-0.1, -0.05) is 11.6 Å². The highest BCUT2D eigenvalue weighted by atomic mass is 35.5. The highest BCUT2D eigenvalue weighted by Gasteiger charge is 2.11. The quantitative estimate of drug-likeness (QED) is 0.876. The van der Waals surface area contributed by atoms with Gasteiger partial charge < -0.3 is 14.8 Å². The molecule has 8 heteroatoms. The third-order valence-corrected chi connectivity index (χ3v) is 2.32. The molecule has 0 aromatic carbocycles. The monoisotopic (exact) mass is 281 g/mol. The van der Waals surface area contributed by atoms with Crippen molar-refractivity contribution in [1.29, 1.82) is 0 Å². The lowest BCUT2D eigenvalue weighted by Gasteiger charge is -2.02. The van der Waals surface area contributed by atoms with Gasteiger partial charge >= 0.3 is 5.97 Å². The minimum Gasteiger partial charge on any atom is -0.475 e. The van der Waals surface area contributed by atoms with Gasteiger partial charge in [0.15, 0.2) is 0 Å². The lowest BCUT2D eigenvalue weighted by molar-refractivity contribution is 0.0660. The number of carboxylic acids is 1. The summed E-state index contributed by atoms with van der Waals surface area (Å²) in [6.07, 6.45) is 2.58. The summed E-state index contributed by atoms with van der Waals surface area (Å²) in [6, 6.07) is 2.77. The Bertz CT molecular complexity index is 626. The molecule has 0 fully saturated rings. The summed E-state index contributed by atoms with van der Waals surface area (Å²) in [5.41, 5.74) is 0.0671. The van der Waals surface area contributed by atoms with Crippen LogP contribution in [0.25, 0.3) is 0 Å². The van der Waals surface area contributed by atoms with Crippen molar-refractivity contribution >= 4 is 23.5 Å². The Morgan fingerprint density at radius 1 is 1.37 bits per heavy atom. The molecule has 1 amide bonds. The Balaban J connectivity index is 1.98. The molecule has 2 aromatic rings. The average Bonchev–Trinajstić information content (AvgIpc) is 2.85. The van der Waals surface area contributed by atoms with E-state index in [1.165, 1.54) is 24.5 Å². The third-order valence-electron chi connectivity index (χ3n) is 2.13. The largest absolute Gasteiger partial charge is 0.475 e. The van der Waals surface area contributed by atoms with E-state index in [1.54, 1.807) is 0 Å². The summed E-state index contributed by atoms with van der Waals surface area (Å²) in [5.74, 6) is -1.52. The first-order valence-electron chi connectivity index (χ1n) is 5.14. The molecular formula is C11H8ClN3O4. The predicted octanol–water partition coefficient (Wildman–Crippen LogP) is 1.35. The fourth-order valence-electron chi connectivity index (χ4n) is 1.30. The molecule has 0 spiro atoms. The lowest BCUT2D eigenvalue weighted by Crippen LogP contribution is -2.23. The molecule has 0 atom stereocenters. The minimum atomic E-state index is -1.17. The number of aromatic nitrogens is 2. The van der Waals surface area contributed by atoms with Gasteiger partial charge in [0.25, 0.3) is 5.91 Å². The maximum Gasteiger partial charge on any atom is 0.371 e. The first-order chi connectivity index (χ1) is 9.06. The van der Waals surface area contributed by atoms with Crippen LogP contribution in [0.15, 0.2) is 28.9 Å². The zero-order chi connectivity index (χ0) is 13.8. The maximum absolute atomic E-state index is 11.7. The molecule has 0 saturated carbocycles. The number of carbonyl (C=O) groups is 2. The Morgan fingerprint density at radius 3 is 2.79 bits per heavy atom. The number of nitrogens with zero attached hydrogens (tertiary/aromatic N) is 2. The van der Waals surface area contributed by atoms with Crippen molar-refractivity contribution in [3.05, 3.63) is 46.9 Å².